The first-order chi connectivity index (χ1) is 10.6. The first-order valence-corrected chi connectivity index (χ1v) is 7.35. The number of para-hydroxylation sites is 2. The molecule has 2 rings (SSSR count). The van der Waals surface area contributed by atoms with Gasteiger partial charge in [-0.3, -0.25) is 0 Å². The fraction of sp³-hybridized carbons (Fsp3) is 0.235. The number of rotatable bonds is 5. The van der Waals surface area contributed by atoms with E-state index in [2.05, 4.69) is 29.4 Å². The zero-order valence-electron chi connectivity index (χ0n) is 12.8. The Morgan fingerprint density at radius 2 is 1.64 bits per heavy atom. The maximum Gasteiger partial charge on any atom is 0.323 e. The van der Waals surface area contributed by atoms with Crippen LogP contribution in [0.5, 0.6) is 5.75 Å². The summed E-state index contributed by atoms with van der Waals surface area (Å²) in [6, 6.07) is 13.9. The van der Waals surface area contributed by atoms with Gasteiger partial charge in [-0.05, 0) is 50.2 Å². The van der Waals surface area contributed by atoms with Crippen molar-refractivity contribution >= 4 is 23.1 Å². The van der Waals surface area contributed by atoms with Gasteiger partial charge in [-0.1, -0.05) is 12.1 Å². The molecule has 2 amide bonds. The van der Waals surface area contributed by atoms with Crippen LogP contribution in [0, 0.1) is 0 Å². The van der Waals surface area contributed by atoms with E-state index in [0.717, 1.165) is 18.8 Å². The Bertz CT molecular complexity index is 622. The Kier molecular flexibility index (Phi) is 5.25. The predicted octanol–water partition coefficient (Wildman–Crippen LogP) is 3.88. The predicted molar refractivity (Wildman–Crippen MR) is 90.8 cm³/mol. The van der Waals surface area contributed by atoms with E-state index in [-0.39, 0.29) is 5.75 Å². The summed E-state index contributed by atoms with van der Waals surface area (Å²) in [5.41, 5.74) is 2.19. The molecule has 0 bridgehead atoms. The van der Waals surface area contributed by atoms with Crippen LogP contribution in [0.2, 0.25) is 0 Å². The topological polar surface area (TPSA) is 64.6 Å². The number of nitrogens with zero attached hydrogens (tertiary/aromatic N) is 1. The maximum atomic E-state index is 11.9. The van der Waals surface area contributed by atoms with E-state index in [0.29, 0.717) is 11.4 Å². The molecule has 0 atom stereocenters. The van der Waals surface area contributed by atoms with Crippen molar-refractivity contribution in [3.8, 4) is 5.75 Å². The Morgan fingerprint density at radius 1 is 1.00 bits per heavy atom. The van der Waals surface area contributed by atoms with E-state index in [1.54, 1.807) is 18.2 Å². The summed E-state index contributed by atoms with van der Waals surface area (Å²) in [4.78, 5) is 14.1. The average Bonchev–Trinajstić information content (AvgIpc) is 2.52. The lowest BCUT2D eigenvalue weighted by Crippen LogP contribution is -2.22. The van der Waals surface area contributed by atoms with Crippen molar-refractivity contribution in [2.75, 3.05) is 28.6 Å². The highest BCUT2D eigenvalue weighted by Gasteiger charge is 2.06. The van der Waals surface area contributed by atoms with Gasteiger partial charge in [-0.25, -0.2) is 4.79 Å². The number of anilines is 3. The molecule has 0 unspecified atom stereocenters. The number of hydrogen-bond acceptors (Lipinski definition) is 3. The molecule has 0 fully saturated rings. The van der Waals surface area contributed by atoms with Gasteiger partial charge in [0.1, 0.15) is 5.75 Å². The van der Waals surface area contributed by atoms with Crippen LogP contribution in [0.15, 0.2) is 48.5 Å². The summed E-state index contributed by atoms with van der Waals surface area (Å²) in [6.45, 7) is 6.10. The summed E-state index contributed by atoms with van der Waals surface area (Å²) in [6.07, 6.45) is 0. The molecule has 0 saturated carbocycles. The maximum absolute atomic E-state index is 11.9. The Morgan fingerprint density at radius 3 is 2.23 bits per heavy atom. The number of hydrogen-bond donors (Lipinski definition) is 3. The molecule has 3 N–H and O–H groups in total. The SMILES string of the molecule is CCN(CC)c1ccc(NC(=O)Nc2ccccc2O)cc1. The van der Waals surface area contributed by atoms with Gasteiger partial charge in [0.05, 0.1) is 5.69 Å². The molecule has 0 spiro atoms. The van der Waals surface area contributed by atoms with Gasteiger partial charge in [0.25, 0.3) is 0 Å². The highest BCUT2D eigenvalue weighted by Crippen LogP contribution is 2.22. The molecule has 2 aromatic carbocycles. The van der Waals surface area contributed by atoms with Crippen molar-refractivity contribution < 1.29 is 9.90 Å². The molecule has 0 saturated heterocycles. The molecule has 2 aromatic rings. The van der Waals surface area contributed by atoms with Crippen LogP contribution < -0.4 is 15.5 Å². The Balaban J connectivity index is 1.99. The number of nitrogens with one attached hydrogen (secondary N) is 2. The van der Waals surface area contributed by atoms with Crippen LogP contribution >= 0.6 is 0 Å². The van der Waals surface area contributed by atoms with Crippen LogP contribution in [0.25, 0.3) is 0 Å². The van der Waals surface area contributed by atoms with E-state index >= 15 is 0 Å². The fourth-order valence-corrected chi connectivity index (χ4v) is 2.21. The summed E-state index contributed by atoms with van der Waals surface area (Å²) in [7, 11) is 0. The number of phenols is 1. The van der Waals surface area contributed by atoms with Crippen molar-refractivity contribution in [1.82, 2.24) is 0 Å². The first-order valence-electron chi connectivity index (χ1n) is 7.35. The Hall–Kier alpha value is -2.69. The second kappa shape index (κ2) is 7.36. The Labute approximate surface area is 130 Å². The third-order valence-electron chi connectivity index (χ3n) is 3.41. The fourth-order valence-electron chi connectivity index (χ4n) is 2.21. The minimum atomic E-state index is -0.392. The quantitative estimate of drug-likeness (QED) is 0.734. The van der Waals surface area contributed by atoms with Crippen molar-refractivity contribution in [3.05, 3.63) is 48.5 Å². The second-order valence-electron chi connectivity index (χ2n) is 4.82. The summed E-state index contributed by atoms with van der Waals surface area (Å²) in [5, 5.41) is 15.0. The van der Waals surface area contributed by atoms with Gasteiger partial charge in [-0.15, -0.1) is 0 Å². The van der Waals surface area contributed by atoms with Crippen molar-refractivity contribution in [2.24, 2.45) is 0 Å². The zero-order valence-corrected chi connectivity index (χ0v) is 12.8. The van der Waals surface area contributed by atoms with Gasteiger partial charge in [-0.2, -0.15) is 0 Å². The molecule has 0 heterocycles. The van der Waals surface area contributed by atoms with E-state index in [4.69, 9.17) is 0 Å². The second-order valence-corrected chi connectivity index (χ2v) is 4.82. The van der Waals surface area contributed by atoms with Gasteiger partial charge in [0.15, 0.2) is 0 Å². The minimum absolute atomic E-state index is 0.0366. The van der Waals surface area contributed by atoms with Crippen molar-refractivity contribution in [1.29, 1.82) is 0 Å². The lowest BCUT2D eigenvalue weighted by atomic mass is 10.2. The van der Waals surface area contributed by atoms with Crippen LogP contribution in [-0.2, 0) is 0 Å². The number of phenolic OH excluding ortho intramolecular Hbond substituents is 1. The largest absolute Gasteiger partial charge is 0.506 e. The summed E-state index contributed by atoms with van der Waals surface area (Å²) in [5.74, 6) is 0.0366. The van der Waals surface area contributed by atoms with Crippen LogP contribution in [0.3, 0.4) is 0 Å². The van der Waals surface area contributed by atoms with E-state index < -0.39 is 6.03 Å². The molecule has 116 valence electrons. The molecule has 5 nitrogen and oxygen atoms in total. The molecular formula is C17H21N3O2. The summed E-state index contributed by atoms with van der Waals surface area (Å²) < 4.78 is 0. The molecule has 0 aliphatic rings. The third kappa shape index (κ3) is 3.91. The first kappa shape index (κ1) is 15.7. The van der Waals surface area contributed by atoms with Gasteiger partial charge >= 0.3 is 6.03 Å². The minimum Gasteiger partial charge on any atom is -0.506 e. The lowest BCUT2D eigenvalue weighted by Gasteiger charge is -2.21. The molecule has 0 radical (unpaired) electrons. The molecule has 0 aliphatic carbocycles. The molecule has 22 heavy (non-hydrogen) atoms. The average molecular weight is 299 g/mol. The molecule has 0 aliphatic heterocycles. The number of carbonyl (C=O) groups excluding carboxylic acids is 1. The van der Waals surface area contributed by atoms with Crippen molar-refractivity contribution in [2.45, 2.75) is 13.8 Å². The van der Waals surface area contributed by atoms with Crippen LogP contribution in [0.1, 0.15) is 13.8 Å². The van der Waals surface area contributed by atoms with Gasteiger partial charge < -0.3 is 20.6 Å². The molecule has 0 aromatic heterocycles. The third-order valence-corrected chi connectivity index (χ3v) is 3.41. The highest BCUT2D eigenvalue weighted by atomic mass is 16.3. The zero-order chi connectivity index (χ0) is 15.9. The van der Waals surface area contributed by atoms with Gasteiger partial charge in [0.2, 0.25) is 0 Å². The van der Waals surface area contributed by atoms with Crippen molar-refractivity contribution in [3.63, 3.8) is 0 Å². The van der Waals surface area contributed by atoms with Crippen LogP contribution in [-0.4, -0.2) is 24.2 Å². The lowest BCUT2D eigenvalue weighted by molar-refractivity contribution is 0.262. The van der Waals surface area contributed by atoms with Crippen LogP contribution in [0.4, 0.5) is 21.9 Å². The normalized spacial score (nSPS) is 10.1. The number of amides is 2. The van der Waals surface area contributed by atoms with E-state index in [9.17, 15) is 9.90 Å². The number of carbonyl (C=O) groups is 1. The standard InChI is InChI=1S/C17H21N3O2/c1-3-20(4-2)14-11-9-13(10-12-14)18-17(22)19-15-7-5-6-8-16(15)21/h5-12,21H,3-4H2,1-2H3,(H2,18,19,22). The summed E-state index contributed by atoms with van der Waals surface area (Å²) >= 11 is 0. The van der Waals surface area contributed by atoms with E-state index in [1.807, 2.05) is 24.3 Å². The number of aromatic hydroxyl groups is 1. The highest BCUT2D eigenvalue weighted by molar-refractivity contribution is 6.00. The monoisotopic (exact) mass is 299 g/mol. The van der Waals surface area contributed by atoms with Gasteiger partial charge in [0, 0.05) is 24.5 Å². The molecular weight excluding hydrogens is 278 g/mol. The smallest absolute Gasteiger partial charge is 0.323 e. The van der Waals surface area contributed by atoms with E-state index in [1.165, 1.54) is 6.07 Å². The molecule has 5 heteroatoms. The number of urea groups is 1. The number of benzene rings is 2.